The lowest BCUT2D eigenvalue weighted by atomic mass is 9.95. The first-order valence-electron chi connectivity index (χ1n) is 7.69. The Bertz CT molecular complexity index is 559. The van der Waals surface area contributed by atoms with Gasteiger partial charge in [0.2, 0.25) is 0 Å². The lowest BCUT2D eigenvalue weighted by Crippen LogP contribution is -2.41. The van der Waals surface area contributed by atoms with E-state index in [1.165, 1.54) is 12.1 Å². The quantitative estimate of drug-likeness (QED) is 0.508. The molecule has 1 aromatic rings. The van der Waals surface area contributed by atoms with Crippen molar-refractivity contribution in [2.24, 2.45) is 5.92 Å². The van der Waals surface area contributed by atoms with Crippen molar-refractivity contribution < 1.29 is 14.8 Å². The Morgan fingerprint density at radius 2 is 2.09 bits per heavy atom. The molecular formula is C16H22N2O4. The third-order valence-corrected chi connectivity index (χ3v) is 4.30. The van der Waals surface area contributed by atoms with E-state index in [1.807, 2.05) is 0 Å². The zero-order valence-electron chi connectivity index (χ0n) is 12.7. The number of benzene rings is 1. The second-order valence-electron chi connectivity index (χ2n) is 5.94. The Balaban J connectivity index is 2.20. The molecule has 2 unspecified atom stereocenters. The van der Waals surface area contributed by atoms with Crippen LogP contribution in [0.1, 0.15) is 48.0 Å². The standard InChI is InChI=1S/C16H22N2O4/c1-11-7-8-15(18(21)22)13(9-11)16(20)17-14-6-4-2-3-5-12(14)10-19/h7-9,12,14,19H,2-6,10H2,1H3,(H,17,20). The largest absolute Gasteiger partial charge is 0.396 e. The zero-order chi connectivity index (χ0) is 16.1. The van der Waals surface area contributed by atoms with Crippen LogP contribution in [0.2, 0.25) is 0 Å². The molecule has 0 spiro atoms. The van der Waals surface area contributed by atoms with Gasteiger partial charge in [0, 0.05) is 24.6 Å². The van der Waals surface area contributed by atoms with E-state index in [0.29, 0.717) is 0 Å². The summed E-state index contributed by atoms with van der Waals surface area (Å²) in [7, 11) is 0. The van der Waals surface area contributed by atoms with E-state index in [0.717, 1.165) is 37.7 Å². The van der Waals surface area contributed by atoms with Gasteiger partial charge in [-0.2, -0.15) is 0 Å². The predicted octanol–water partition coefficient (Wildman–Crippen LogP) is 2.57. The Labute approximate surface area is 129 Å². The summed E-state index contributed by atoms with van der Waals surface area (Å²) >= 11 is 0. The summed E-state index contributed by atoms with van der Waals surface area (Å²) in [4.78, 5) is 23.0. The van der Waals surface area contributed by atoms with Gasteiger partial charge in [-0.25, -0.2) is 0 Å². The van der Waals surface area contributed by atoms with Crippen LogP contribution in [0, 0.1) is 23.0 Å². The van der Waals surface area contributed by atoms with E-state index in [9.17, 15) is 20.0 Å². The molecule has 2 atom stereocenters. The lowest BCUT2D eigenvalue weighted by Gasteiger charge is -2.24. The summed E-state index contributed by atoms with van der Waals surface area (Å²) in [5.41, 5.74) is 0.707. The van der Waals surface area contributed by atoms with Crippen molar-refractivity contribution in [2.45, 2.75) is 45.1 Å². The van der Waals surface area contributed by atoms with Gasteiger partial charge in [0.05, 0.1) is 4.92 Å². The van der Waals surface area contributed by atoms with Crippen molar-refractivity contribution in [1.29, 1.82) is 0 Å². The van der Waals surface area contributed by atoms with Gasteiger partial charge >= 0.3 is 0 Å². The molecule has 1 aliphatic carbocycles. The minimum atomic E-state index is -0.537. The van der Waals surface area contributed by atoms with Crippen LogP contribution in [0.3, 0.4) is 0 Å². The SMILES string of the molecule is Cc1ccc([N+](=O)[O-])c(C(=O)NC2CCCCCC2CO)c1. The number of nitrogens with one attached hydrogen (secondary N) is 1. The number of aliphatic hydroxyl groups is 1. The number of rotatable bonds is 4. The number of aryl methyl sites for hydroxylation is 1. The summed E-state index contributed by atoms with van der Waals surface area (Å²) < 4.78 is 0. The number of aliphatic hydroxyl groups excluding tert-OH is 1. The lowest BCUT2D eigenvalue weighted by molar-refractivity contribution is -0.385. The van der Waals surface area contributed by atoms with Crippen molar-refractivity contribution in [3.05, 3.63) is 39.4 Å². The van der Waals surface area contributed by atoms with Crippen LogP contribution in [0.4, 0.5) is 5.69 Å². The van der Waals surface area contributed by atoms with Crippen LogP contribution in [-0.4, -0.2) is 28.6 Å². The molecule has 6 nitrogen and oxygen atoms in total. The highest BCUT2D eigenvalue weighted by Gasteiger charge is 2.27. The van der Waals surface area contributed by atoms with Gasteiger partial charge in [-0.1, -0.05) is 25.3 Å². The van der Waals surface area contributed by atoms with Crippen LogP contribution in [-0.2, 0) is 0 Å². The molecule has 120 valence electrons. The first kappa shape index (κ1) is 16.4. The molecule has 1 aromatic carbocycles. The number of hydrogen-bond donors (Lipinski definition) is 2. The Kier molecular flexibility index (Phi) is 5.49. The van der Waals surface area contributed by atoms with E-state index < -0.39 is 10.8 Å². The number of amides is 1. The fourth-order valence-electron chi connectivity index (χ4n) is 3.03. The minimum Gasteiger partial charge on any atom is -0.396 e. The van der Waals surface area contributed by atoms with Crippen molar-refractivity contribution in [3.63, 3.8) is 0 Å². The second kappa shape index (κ2) is 7.35. The molecule has 2 rings (SSSR count). The van der Waals surface area contributed by atoms with Crippen LogP contribution in [0.5, 0.6) is 0 Å². The topological polar surface area (TPSA) is 92.5 Å². The smallest absolute Gasteiger partial charge is 0.282 e. The molecule has 1 aliphatic rings. The van der Waals surface area contributed by atoms with Gasteiger partial charge in [0.25, 0.3) is 11.6 Å². The summed E-state index contributed by atoms with van der Waals surface area (Å²) in [5, 5.41) is 23.5. The molecule has 0 aromatic heterocycles. The van der Waals surface area contributed by atoms with Crippen molar-refractivity contribution in [3.8, 4) is 0 Å². The molecule has 0 bridgehead atoms. The third-order valence-electron chi connectivity index (χ3n) is 4.30. The molecule has 0 aliphatic heterocycles. The highest BCUT2D eigenvalue weighted by atomic mass is 16.6. The van der Waals surface area contributed by atoms with E-state index >= 15 is 0 Å². The average molecular weight is 306 g/mol. The van der Waals surface area contributed by atoms with Crippen LogP contribution < -0.4 is 5.32 Å². The molecule has 22 heavy (non-hydrogen) atoms. The summed E-state index contributed by atoms with van der Waals surface area (Å²) in [6.45, 7) is 1.82. The van der Waals surface area contributed by atoms with Gasteiger partial charge in [-0.3, -0.25) is 14.9 Å². The molecule has 1 amide bonds. The molecule has 1 fully saturated rings. The second-order valence-corrected chi connectivity index (χ2v) is 5.94. The number of carbonyl (C=O) groups is 1. The fourth-order valence-corrected chi connectivity index (χ4v) is 3.03. The molecule has 1 saturated carbocycles. The van der Waals surface area contributed by atoms with E-state index in [4.69, 9.17) is 0 Å². The van der Waals surface area contributed by atoms with E-state index in [-0.39, 0.29) is 29.8 Å². The van der Waals surface area contributed by atoms with Gasteiger partial charge in [-0.15, -0.1) is 0 Å². The number of nitrogens with zero attached hydrogens (tertiary/aromatic N) is 1. The van der Waals surface area contributed by atoms with Crippen LogP contribution >= 0.6 is 0 Å². The maximum Gasteiger partial charge on any atom is 0.282 e. The molecule has 0 saturated heterocycles. The van der Waals surface area contributed by atoms with Gasteiger partial charge in [0.15, 0.2) is 0 Å². The normalized spacial score (nSPS) is 21.9. The Morgan fingerprint density at radius 1 is 1.36 bits per heavy atom. The molecule has 2 N–H and O–H groups in total. The van der Waals surface area contributed by atoms with Crippen LogP contribution in [0.15, 0.2) is 18.2 Å². The number of hydrogen-bond acceptors (Lipinski definition) is 4. The van der Waals surface area contributed by atoms with Crippen molar-refractivity contribution >= 4 is 11.6 Å². The summed E-state index contributed by atoms with van der Waals surface area (Å²) in [6, 6.07) is 4.40. The average Bonchev–Trinajstić information content (AvgIpc) is 2.71. The first-order valence-corrected chi connectivity index (χ1v) is 7.69. The predicted molar refractivity (Wildman–Crippen MR) is 82.7 cm³/mol. The molecule has 0 radical (unpaired) electrons. The highest BCUT2D eigenvalue weighted by Crippen LogP contribution is 2.25. The molecule has 0 heterocycles. The summed E-state index contributed by atoms with van der Waals surface area (Å²) in [5.74, 6) is -0.406. The highest BCUT2D eigenvalue weighted by molar-refractivity contribution is 5.98. The van der Waals surface area contributed by atoms with Crippen molar-refractivity contribution in [1.82, 2.24) is 5.32 Å². The minimum absolute atomic E-state index is 0.0234. The molecular weight excluding hydrogens is 284 g/mol. The number of carbonyl (C=O) groups excluding carboxylic acids is 1. The Hall–Kier alpha value is -1.95. The van der Waals surface area contributed by atoms with Gasteiger partial charge < -0.3 is 10.4 Å². The fraction of sp³-hybridized carbons (Fsp3) is 0.562. The maximum atomic E-state index is 12.5. The maximum absolute atomic E-state index is 12.5. The number of nitro benzene ring substituents is 1. The van der Waals surface area contributed by atoms with Crippen molar-refractivity contribution in [2.75, 3.05) is 6.61 Å². The first-order chi connectivity index (χ1) is 10.5. The Morgan fingerprint density at radius 3 is 2.77 bits per heavy atom. The van der Waals surface area contributed by atoms with Gasteiger partial charge in [0.1, 0.15) is 5.56 Å². The summed E-state index contributed by atoms with van der Waals surface area (Å²) in [6.07, 6.45) is 4.81. The van der Waals surface area contributed by atoms with E-state index in [1.54, 1.807) is 13.0 Å². The molecule has 6 heteroatoms. The van der Waals surface area contributed by atoms with E-state index in [2.05, 4.69) is 5.32 Å². The zero-order valence-corrected chi connectivity index (χ0v) is 12.7. The van der Waals surface area contributed by atoms with Crippen LogP contribution in [0.25, 0.3) is 0 Å². The van der Waals surface area contributed by atoms with Gasteiger partial charge in [-0.05, 0) is 31.4 Å². The number of nitro groups is 1. The third kappa shape index (κ3) is 3.82. The monoisotopic (exact) mass is 306 g/mol.